The lowest BCUT2D eigenvalue weighted by Gasteiger charge is -2.30. The molecular weight excluding hydrogens is 256 g/mol. The van der Waals surface area contributed by atoms with Gasteiger partial charge in [-0.25, -0.2) is 0 Å². The minimum Gasteiger partial charge on any atom is -0.388 e. The van der Waals surface area contributed by atoms with E-state index in [0.717, 1.165) is 31.6 Å². The molecule has 2 aliphatic heterocycles. The monoisotopic (exact) mass is 274 g/mol. The molecule has 6 nitrogen and oxygen atoms in total. The molecule has 0 saturated carbocycles. The van der Waals surface area contributed by atoms with E-state index in [9.17, 15) is 4.79 Å². The smallest absolute Gasteiger partial charge is 0.273 e. The molecule has 3 heterocycles. The summed E-state index contributed by atoms with van der Waals surface area (Å²) in [5, 5.41) is 10.1. The summed E-state index contributed by atoms with van der Waals surface area (Å²) in [6, 6.07) is 3.69. The van der Waals surface area contributed by atoms with Crippen LogP contribution in [-0.2, 0) is 9.63 Å². The summed E-state index contributed by atoms with van der Waals surface area (Å²) in [4.78, 5) is 21.9. The van der Waals surface area contributed by atoms with E-state index in [0.29, 0.717) is 17.8 Å². The maximum absolute atomic E-state index is 12.2. The molecule has 1 spiro atoms. The lowest BCUT2D eigenvalue weighted by Crippen LogP contribution is -2.42. The van der Waals surface area contributed by atoms with Gasteiger partial charge >= 0.3 is 0 Å². The summed E-state index contributed by atoms with van der Waals surface area (Å²) < 4.78 is 0. The highest BCUT2D eigenvalue weighted by atomic mass is 16.7. The lowest BCUT2D eigenvalue weighted by molar-refractivity contribution is -0.110. The Morgan fingerprint density at radius 3 is 2.90 bits per heavy atom. The topological polar surface area (TPSA) is 75.6 Å². The van der Waals surface area contributed by atoms with Crippen molar-refractivity contribution >= 4 is 17.3 Å². The standard InChI is InChI=1S/C14H18N4O2/c1-10-2-3-11(9-16-10)17-13(19)12-8-14(20-18-12)4-6-15-7-5-14/h2-3,9,15H,4-8H2,1H3,(H,17,19). The van der Waals surface area contributed by atoms with Crippen LogP contribution < -0.4 is 10.6 Å². The molecule has 3 rings (SSSR count). The van der Waals surface area contributed by atoms with Crippen LogP contribution in [0.3, 0.4) is 0 Å². The number of rotatable bonds is 2. The molecule has 6 heteroatoms. The maximum Gasteiger partial charge on any atom is 0.273 e. The van der Waals surface area contributed by atoms with E-state index < -0.39 is 0 Å². The molecule has 0 aliphatic carbocycles. The number of oxime groups is 1. The Morgan fingerprint density at radius 1 is 1.40 bits per heavy atom. The van der Waals surface area contributed by atoms with Gasteiger partial charge in [0.2, 0.25) is 0 Å². The van der Waals surface area contributed by atoms with E-state index in [-0.39, 0.29) is 11.5 Å². The third kappa shape index (κ3) is 2.65. The zero-order valence-electron chi connectivity index (χ0n) is 11.5. The maximum atomic E-state index is 12.2. The summed E-state index contributed by atoms with van der Waals surface area (Å²) in [6.07, 6.45) is 4.00. The number of piperidine rings is 1. The van der Waals surface area contributed by atoms with Gasteiger partial charge in [-0.15, -0.1) is 0 Å². The van der Waals surface area contributed by atoms with Crippen molar-refractivity contribution in [1.29, 1.82) is 0 Å². The average Bonchev–Trinajstić information content (AvgIpc) is 2.86. The Labute approximate surface area is 117 Å². The molecule has 1 aromatic heterocycles. The Kier molecular flexibility index (Phi) is 3.40. The molecule has 1 amide bonds. The van der Waals surface area contributed by atoms with E-state index in [1.54, 1.807) is 6.20 Å². The largest absolute Gasteiger partial charge is 0.388 e. The first-order chi connectivity index (χ1) is 9.67. The fourth-order valence-corrected chi connectivity index (χ4v) is 2.54. The van der Waals surface area contributed by atoms with Crippen LogP contribution in [0.25, 0.3) is 0 Å². The number of pyridine rings is 1. The van der Waals surface area contributed by atoms with Gasteiger partial charge in [-0.1, -0.05) is 5.16 Å². The molecule has 1 aromatic rings. The van der Waals surface area contributed by atoms with Gasteiger partial charge in [0.05, 0.1) is 11.9 Å². The first kappa shape index (κ1) is 13.1. The summed E-state index contributed by atoms with van der Waals surface area (Å²) in [6.45, 7) is 3.72. The van der Waals surface area contributed by atoms with Gasteiger partial charge in [-0.05, 0) is 32.1 Å². The highest BCUT2D eigenvalue weighted by Gasteiger charge is 2.42. The summed E-state index contributed by atoms with van der Waals surface area (Å²) in [5.74, 6) is -0.203. The molecule has 2 aliphatic rings. The molecule has 1 saturated heterocycles. The van der Waals surface area contributed by atoms with Crippen LogP contribution >= 0.6 is 0 Å². The third-order valence-electron chi connectivity index (χ3n) is 3.79. The van der Waals surface area contributed by atoms with E-state index in [1.165, 1.54) is 0 Å². The van der Waals surface area contributed by atoms with Crippen LogP contribution in [0.1, 0.15) is 25.0 Å². The molecule has 20 heavy (non-hydrogen) atoms. The van der Waals surface area contributed by atoms with Crippen molar-refractivity contribution in [2.45, 2.75) is 31.8 Å². The Bertz CT molecular complexity index is 533. The summed E-state index contributed by atoms with van der Waals surface area (Å²) >= 11 is 0. The zero-order chi connectivity index (χ0) is 14.0. The van der Waals surface area contributed by atoms with Crippen LogP contribution in [0.4, 0.5) is 5.69 Å². The van der Waals surface area contributed by atoms with Crippen molar-refractivity contribution in [2.24, 2.45) is 5.16 Å². The van der Waals surface area contributed by atoms with Gasteiger partial charge in [0, 0.05) is 25.0 Å². The second kappa shape index (κ2) is 5.20. The van der Waals surface area contributed by atoms with E-state index in [2.05, 4.69) is 20.8 Å². The Hall–Kier alpha value is -1.95. The fourth-order valence-electron chi connectivity index (χ4n) is 2.54. The van der Waals surface area contributed by atoms with Crippen molar-refractivity contribution in [3.05, 3.63) is 24.0 Å². The number of aromatic nitrogens is 1. The Balaban J connectivity index is 1.62. The third-order valence-corrected chi connectivity index (χ3v) is 3.79. The number of aryl methyl sites for hydroxylation is 1. The number of hydrogen-bond acceptors (Lipinski definition) is 5. The molecular formula is C14H18N4O2. The van der Waals surface area contributed by atoms with E-state index >= 15 is 0 Å². The molecule has 0 atom stereocenters. The highest BCUT2D eigenvalue weighted by molar-refractivity contribution is 6.43. The van der Waals surface area contributed by atoms with Crippen LogP contribution in [0, 0.1) is 6.92 Å². The van der Waals surface area contributed by atoms with Gasteiger partial charge in [0.25, 0.3) is 5.91 Å². The first-order valence-corrected chi connectivity index (χ1v) is 6.87. The average molecular weight is 274 g/mol. The predicted molar refractivity (Wildman–Crippen MR) is 75.6 cm³/mol. The molecule has 2 N–H and O–H groups in total. The fraction of sp³-hybridized carbons (Fsp3) is 0.500. The highest BCUT2D eigenvalue weighted by Crippen LogP contribution is 2.32. The number of hydrogen-bond donors (Lipinski definition) is 2. The molecule has 0 aromatic carbocycles. The minimum atomic E-state index is -0.274. The van der Waals surface area contributed by atoms with Crippen molar-refractivity contribution in [3.8, 4) is 0 Å². The number of amides is 1. The Morgan fingerprint density at radius 2 is 2.20 bits per heavy atom. The summed E-state index contributed by atoms with van der Waals surface area (Å²) in [7, 11) is 0. The predicted octanol–water partition coefficient (Wildman–Crippen LogP) is 1.23. The van der Waals surface area contributed by atoms with Crippen molar-refractivity contribution in [1.82, 2.24) is 10.3 Å². The van der Waals surface area contributed by atoms with Crippen molar-refractivity contribution < 1.29 is 9.63 Å². The lowest BCUT2D eigenvalue weighted by atomic mass is 9.87. The van der Waals surface area contributed by atoms with Gasteiger partial charge in [0.1, 0.15) is 11.3 Å². The van der Waals surface area contributed by atoms with E-state index in [4.69, 9.17) is 4.84 Å². The quantitative estimate of drug-likeness (QED) is 0.850. The number of nitrogens with zero attached hydrogens (tertiary/aromatic N) is 2. The number of carbonyl (C=O) groups is 1. The van der Waals surface area contributed by atoms with Crippen molar-refractivity contribution in [2.75, 3.05) is 18.4 Å². The second-order valence-corrected chi connectivity index (χ2v) is 5.38. The van der Waals surface area contributed by atoms with Crippen LogP contribution in [0.2, 0.25) is 0 Å². The normalized spacial score (nSPS) is 20.4. The van der Waals surface area contributed by atoms with Crippen LogP contribution in [-0.4, -0.2) is 35.3 Å². The van der Waals surface area contributed by atoms with Crippen molar-refractivity contribution in [3.63, 3.8) is 0 Å². The zero-order valence-corrected chi connectivity index (χ0v) is 11.5. The second-order valence-electron chi connectivity index (χ2n) is 5.38. The van der Waals surface area contributed by atoms with Gasteiger partial charge < -0.3 is 15.5 Å². The minimum absolute atomic E-state index is 0.203. The molecule has 0 radical (unpaired) electrons. The van der Waals surface area contributed by atoms with Gasteiger partial charge in [-0.2, -0.15) is 0 Å². The van der Waals surface area contributed by atoms with Crippen LogP contribution in [0.15, 0.2) is 23.5 Å². The summed E-state index contributed by atoms with van der Waals surface area (Å²) in [5.41, 5.74) is 1.78. The molecule has 0 bridgehead atoms. The first-order valence-electron chi connectivity index (χ1n) is 6.87. The number of carbonyl (C=O) groups excluding carboxylic acids is 1. The molecule has 106 valence electrons. The molecule has 1 fully saturated rings. The van der Waals surface area contributed by atoms with E-state index in [1.807, 2.05) is 19.1 Å². The molecule has 0 unspecified atom stereocenters. The van der Waals surface area contributed by atoms with Crippen LogP contribution in [0.5, 0.6) is 0 Å². The van der Waals surface area contributed by atoms with Gasteiger partial charge in [-0.3, -0.25) is 9.78 Å². The van der Waals surface area contributed by atoms with Gasteiger partial charge in [0.15, 0.2) is 0 Å². The number of anilines is 1. The SMILES string of the molecule is Cc1ccc(NC(=O)C2=NOC3(CCNCC3)C2)cn1. The number of nitrogens with one attached hydrogen (secondary N) is 2.